The highest BCUT2D eigenvalue weighted by atomic mass is 15.0. The van der Waals surface area contributed by atoms with Crippen molar-refractivity contribution in [1.29, 1.82) is 0 Å². The van der Waals surface area contributed by atoms with Crippen LogP contribution in [0.25, 0.3) is 28.0 Å². The van der Waals surface area contributed by atoms with E-state index in [1.54, 1.807) is 0 Å². The quantitative estimate of drug-likeness (QED) is 0.464. The maximum atomic E-state index is 4.65. The van der Waals surface area contributed by atoms with Gasteiger partial charge in [0.2, 0.25) is 0 Å². The molecule has 2 aromatic heterocycles. The number of imidazole rings is 1. The molecule has 0 amide bonds. The monoisotopic (exact) mass is 300 g/mol. The number of nitrogens with zero attached hydrogens (tertiary/aromatic N) is 2. The zero-order chi connectivity index (χ0) is 16.1. The number of rotatable bonds is 2. The molecule has 2 nitrogen and oxygen atoms in total. The third-order valence-electron chi connectivity index (χ3n) is 3.65. The fourth-order valence-electron chi connectivity index (χ4n) is 2.54. The van der Waals surface area contributed by atoms with Gasteiger partial charge in [-0.25, -0.2) is 4.98 Å². The third kappa shape index (κ3) is 3.16. The average molecular weight is 300 g/mol. The predicted octanol–water partition coefficient (Wildman–Crippen LogP) is 5.69. The highest BCUT2D eigenvalue weighted by Gasteiger charge is 2.04. The summed E-state index contributed by atoms with van der Waals surface area (Å²) in [7, 11) is 0. The molecule has 0 saturated carbocycles. The van der Waals surface area contributed by atoms with E-state index in [0.717, 1.165) is 16.9 Å². The molecule has 4 rings (SSSR count). The van der Waals surface area contributed by atoms with Gasteiger partial charge in [0.05, 0.1) is 5.69 Å². The molecule has 0 saturated heterocycles. The topological polar surface area (TPSA) is 17.3 Å². The van der Waals surface area contributed by atoms with E-state index in [-0.39, 0.29) is 0 Å². The summed E-state index contributed by atoms with van der Waals surface area (Å²) in [6, 6.07) is 25.0. The number of hydrogen-bond acceptors (Lipinski definition) is 1. The van der Waals surface area contributed by atoms with Crippen molar-refractivity contribution >= 4 is 5.65 Å². The summed E-state index contributed by atoms with van der Waals surface area (Å²) < 4.78 is 2.04. The van der Waals surface area contributed by atoms with E-state index >= 15 is 0 Å². The van der Waals surface area contributed by atoms with Crippen LogP contribution in [0, 0.1) is 0 Å². The zero-order valence-corrected chi connectivity index (χ0v) is 13.5. The van der Waals surface area contributed by atoms with Crippen LogP contribution >= 0.6 is 0 Å². The predicted molar refractivity (Wildman–Crippen MR) is 97.4 cm³/mol. The van der Waals surface area contributed by atoms with Crippen molar-refractivity contribution < 1.29 is 0 Å². The van der Waals surface area contributed by atoms with Crippen LogP contribution in [-0.4, -0.2) is 9.38 Å². The van der Waals surface area contributed by atoms with Crippen LogP contribution in [0.3, 0.4) is 0 Å². The average Bonchev–Trinajstić information content (AvgIpc) is 3.08. The first-order valence-corrected chi connectivity index (χ1v) is 8.00. The summed E-state index contributed by atoms with van der Waals surface area (Å²) in [4.78, 5) is 4.65. The van der Waals surface area contributed by atoms with E-state index in [2.05, 4.69) is 59.7 Å². The molecule has 114 valence electrons. The molecule has 2 aromatic carbocycles. The Bertz CT molecular complexity index is 842. The minimum atomic E-state index is 0.972. The van der Waals surface area contributed by atoms with Crippen molar-refractivity contribution in [2.45, 2.75) is 13.8 Å². The minimum Gasteiger partial charge on any atom is -0.306 e. The van der Waals surface area contributed by atoms with Crippen LogP contribution < -0.4 is 0 Å². The highest BCUT2D eigenvalue weighted by Crippen LogP contribution is 2.24. The van der Waals surface area contributed by atoms with Gasteiger partial charge in [-0.3, -0.25) is 0 Å². The molecular weight excluding hydrogens is 280 g/mol. The van der Waals surface area contributed by atoms with E-state index in [0.29, 0.717) is 0 Å². The summed E-state index contributed by atoms with van der Waals surface area (Å²) in [5.74, 6) is 0. The maximum Gasteiger partial charge on any atom is 0.137 e. The van der Waals surface area contributed by atoms with E-state index in [9.17, 15) is 0 Å². The van der Waals surface area contributed by atoms with Crippen LogP contribution in [0.2, 0.25) is 0 Å². The zero-order valence-electron chi connectivity index (χ0n) is 13.5. The van der Waals surface area contributed by atoms with Crippen molar-refractivity contribution in [2.24, 2.45) is 0 Å². The van der Waals surface area contributed by atoms with Gasteiger partial charge >= 0.3 is 0 Å². The summed E-state index contributed by atoms with van der Waals surface area (Å²) in [6.07, 6.45) is 4.08. The number of hydrogen-bond donors (Lipinski definition) is 0. The molecule has 2 heterocycles. The molecule has 0 unspecified atom stereocenters. The van der Waals surface area contributed by atoms with Crippen LogP contribution in [-0.2, 0) is 0 Å². The van der Waals surface area contributed by atoms with Gasteiger partial charge in [0, 0.05) is 18.0 Å². The second-order valence-electron chi connectivity index (χ2n) is 5.04. The summed E-state index contributed by atoms with van der Waals surface area (Å²) in [5, 5.41) is 0. The van der Waals surface area contributed by atoms with Crippen molar-refractivity contribution in [1.82, 2.24) is 9.38 Å². The Labute approximate surface area is 137 Å². The minimum absolute atomic E-state index is 0.972. The Balaban J connectivity index is 0.000000753. The van der Waals surface area contributed by atoms with E-state index in [4.69, 9.17) is 0 Å². The molecule has 2 heteroatoms. The van der Waals surface area contributed by atoms with Crippen molar-refractivity contribution in [3.05, 3.63) is 85.2 Å². The summed E-state index contributed by atoms with van der Waals surface area (Å²) in [5.41, 5.74) is 5.57. The molecule has 0 spiro atoms. The first-order chi connectivity index (χ1) is 11.4. The first kappa shape index (κ1) is 15.0. The van der Waals surface area contributed by atoms with Crippen molar-refractivity contribution in [2.75, 3.05) is 0 Å². The molecule has 0 atom stereocenters. The molecule has 0 fully saturated rings. The Morgan fingerprint density at radius 2 is 1.26 bits per heavy atom. The van der Waals surface area contributed by atoms with Gasteiger partial charge < -0.3 is 4.40 Å². The lowest BCUT2D eigenvalue weighted by Gasteiger charge is -2.02. The van der Waals surface area contributed by atoms with Gasteiger partial charge in [-0.15, -0.1) is 0 Å². The van der Waals surface area contributed by atoms with Gasteiger partial charge in [-0.2, -0.15) is 0 Å². The molecule has 23 heavy (non-hydrogen) atoms. The fourth-order valence-corrected chi connectivity index (χ4v) is 2.54. The van der Waals surface area contributed by atoms with Crippen LogP contribution in [0.15, 0.2) is 85.2 Å². The van der Waals surface area contributed by atoms with Gasteiger partial charge in [-0.05, 0) is 23.3 Å². The fraction of sp³-hybridized carbons (Fsp3) is 0.0952. The third-order valence-corrected chi connectivity index (χ3v) is 3.65. The number of aromatic nitrogens is 2. The maximum absolute atomic E-state index is 4.65. The lowest BCUT2D eigenvalue weighted by atomic mass is 10.0. The SMILES string of the molecule is CC.c1ccc(-c2ccc(-c3cn4ccccc4n3)cc2)cc1. The second-order valence-corrected chi connectivity index (χ2v) is 5.04. The summed E-state index contributed by atoms with van der Waals surface area (Å²) in [6.45, 7) is 4.00. The molecular formula is C21H20N2. The van der Waals surface area contributed by atoms with Crippen molar-refractivity contribution in [3.63, 3.8) is 0 Å². The van der Waals surface area contributed by atoms with E-state index in [1.165, 1.54) is 11.1 Å². The molecule has 0 aliphatic carbocycles. The van der Waals surface area contributed by atoms with Crippen LogP contribution in [0.1, 0.15) is 13.8 Å². The highest BCUT2D eigenvalue weighted by molar-refractivity contribution is 5.69. The van der Waals surface area contributed by atoms with Gasteiger partial charge in [0.25, 0.3) is 0 Å². The normalized spacial score (nSPS) is 10.2. The molecule has 0 aliphatic heterocycles. The van der Waals surface area contributed by atoms with Gasteiger partial charge in [0.1, 0.15) is 5.65 Å². The smallest absolute Gasteiger partial charge is 0.137 e. The Kier molecular flexibility index (Phi) is 4.53. The number of benzene rings is 2. The van der Waals surface area contributed by atoms with Gasteiger partial charge in [-0.1, -0.05) is 74.5 Å². The first-order valence-electron chi connectivity index (χ1n) is 8.00. The van der Waals surface area contributed by atoms with Gasteiger partial charge in [0.15, 0.2) is 0 Å². The molecule has 0 bridgehead atoms. The Hall–Kier alpha value is -2.87. The van der Waals surface area contributed by atoms with Crippen LogP contribution in [0.5, 0.6) is 0 Å². The standard InChI is InChI=1S/C19H14N2.C2H6/c1-2-6-15(7-3-1)16-9-11-17(12-10-16)18-14-21-13-5-4-8-19(21)20-18;1-2/h1-14H;1-2H3. The van der Waals surface area contributed by atoms with Crippen LogP contribution in [0.4, 0.5) is 0 Å². The molecule has 4 aromatic rings. The van der Waals surface area contributed by atoms with E-state index in [1.807, 2.05) is 48.7 Å². The number of fused-ring (bicyclic) bond motifs is 1. The number of pyridine rings is 1. The van der Waals surface area contributed by atoms with E-state index < -0.39 is 0 Å². The second kappa shape index (κ2) is 6.93. The molecule has 0 radical (unpaired) electrons. The lowest BCUT2D eigenvalue weighted by Crippen LogP contribution is -1.79. The summed E-state index contributed by atoms with van der Waals surface area (Å²) >= 11 is 0. The van der Waals surface area contributed by atoms with Crippen molar-refractivity contribution in [3.8, 4) is 22.4 Å². The Morgan fingerprint density at radius 1 is 0.652 bits per heavy atom. The largest absolute Gasteiger partial charge is 0.306 e. The molecule has 0 aliphatic rings. The molecule has 0 N–H and O–H groups in total. The lowest BCUT2D eigenvalue weighted by molar-refractivity contribution is 1.19. The Morgan fingerprint density at radius 3 is 1.96 bits per heavy atom.